The largest absolute Gasteiger partial charge is 0.465 e. The van der Waals surface area contributed by atoms with Gasteiger partial charge >= 0.3 is 11.9 Å². The zero-order valence-corrected chi connectivity index (χ0v) is 13.5. The highest BCUT2D eigenvalue weighted by Crippen LogP contribution is 2.17. The predicted molar refractivity (Wildman–Crippen MR) is 83.1 cm³/mol. The topological polar surface area (TPSA) is 109 Å². The van der Waals surface area contributed by atoms with E-state index in [-0.39, 0.29) is 6.61 Å². The van der Waals surface area contributed by atoms with E-state index in [1.165, 1.54) is 24.2 Å². The van der Waals surface area contributed by atoms with Crippen LogP contribution in [-0.2, 0) is 16.1 Å². The van der Waals surface area contributed by atoms with Gasteiger partial charge in [-0.2, -0.15) is 0 Å². The molecule has 2 heterocycles. The van der Waals surface area contributed by atoms with E-state index in [4.69, 9.17) is 9.15 Å². The van der Waals surface area contributed by atoms with Crippen LogP contribution in [0.5, 0.6) is 0 Å². The number of carbonyl (C=O) groups excluding carboxylic acids is 2. The number of esters is 2. The van der Waals surface area contributed by atoms with Crippen LogP contribution in [0.3, 0.4) is 0 Å². The lowest BCUT2D eigenvalue weighted by Crippen LogP contribution is -2.05. The zero-order chi connectivity index (χ0) is 17.8. The van der Waals surface area contributed by atoms with Crippen LogP contribution in [-0.4, -0.2) is 39.3 Å². The number of ether oxygens (including phenoxy) is 2. The Bertz CT molecular complexity index is 884. The third-order valence-electron chi connectivity index (χ3n) is 3.44. The highest BCUT2D eigenvalue weighted by atomic mass is 16.5. The van der Waals surface area contributed by atoms with Crippen molar-refractivity contribution in [2.45, 2.75) is 13.5 Å². The first-order chi connectivity index (χ1) is 12.1. The lowest BCUT2D eigenvalue weighted by atomic mass is 10.2. The SMILES string of the molecule is COC(=O)c1cc(COC(=O)c2ccc(-n3cnnn3)cc2)oc1C. The molecule has 0 saturated heterocycles. The highest BCUT2D eigenvalue weighted by Gasteiger charge is 2.16. The number of rotatable bonds is 5. The molecule has 0 aliphatic heterocycles. The first-order valence-electron chi connectivity index (χ1n) is 7.26. The van der Waals surface area contributed by atoms with Crippen molar-refractivity contribution in [1.82, 2.24) is 20.2 Å². The molecule has 0 radical (unpaired) electrons. The molecule has 0 unspecified atom stereocenters. The van der Waals surface area contributed by atoms with Gasteiger partial charge in [0.25, 0.3) is 0 Å². The number of hydrogen-bond acceptors (Lipinski definition) is 8. The van der Waals surface area contributed by atoms with E-state index >= 15 is 0 Å². The van der Waals surface area contributed by atoms with E-state index in [1.807, 2.05) is 0 Å². The first-order valence-corrected chi connectivity index (χ1v) is 7.26. The van der Waals surface area contributed by atoms with Gasteiger partial charge < -0.3 is 13.9 Å². The van der Waals surface area contributed by atoms with E-state index in [0.29, 0.717) is 28.3 Å². The number of aryl methyl sites for hydroxylation is 1. The summed E-state index contributed by atoms with van der Waals surface area (Å²) in [5.74, 6) is -0.255. The van der Waals surface area contributed by atoms with Gasteiger partial charge in [-0.1, -0.05) is 0 Å². The Morgan fingerprint density at radius 1 is 1.20 bits per heavy atom. The third-order valence-corrected chi connectivity index (χ3v) is 3.44. The lowest BCUT2D eigenvalue weighted by molar-refractivity contribution is 0.0444. The van der Waals surface area contributed by atoms with Gasteiger partial charge in [-0.3, -0.25) is 0 Å². The molecule has 9 nitrogen and oxygen atoms in total. The van der Waals surface area contributed by atoms with Gasteiger partial charge in [-0.05, 0) is 47.7 Å². The van der Waals surface area contributed by atoms with Crippen LogP contribution in [0, 0.1) is 6.92 Å². The van der Waals surface area contributed by atoms with Gasteiger partial charge in [-0.25, -0.2) is 14.3 Å². The molecule has 0 aliphatic carbocycles. The first kappa shape index (κ1) is 16.4. The van der Waals surface area contributed by atoms with Crippen molar-refractivity contribution in [3.8, 4) is 5.69 Å². The average molecular weight is 342 g/mol. The summed E-state index contributed by atoms with van der Waals surface area (Å²) in [6, 6.07) is 8.09. The third kappa shape index (κ3) is 3.55. The molecule has 2 aromatic heterocycles. The second-order valence-electron chi connectivity index (χ2n) is 5.05. The zero-order valence-electron chi connectivity index (χ0n) is 13.5. The summed E-state index contributed by atoms with van der Waals surface area (Å²) in [6.45, 7) is 1.54. The fourth-order valence-electron chi connectivity index (χ4n) is 2.18. The van der Waals surface area contributed by atoms with Crippen LogP contribution in [0.2, 0.25) is 0 Å². The van der Waals surface area contributed by atoms with Crippen molar-refractivity contribution in [2.24, 2.45) is 0 Å². The maximum atomic E-state index is 12.1. The van der Waals surface area contributed by atoms with Gasteiger partial charge in [0.1, 0.15) is 30.0 Å². The van der Waals surface area contributed by atoms with Gasteiger partial charge in [0.05, 0.1) is 18.4 Å². The molecule has 0 saturated carbocycles. The maximum absolute atomic E-state index is 12.1. The summed E-state index contributed by atoms with van der Waals surface area (Å²) in [5, 5.41) is 10.8. The summed E-state index contributed by atoms with van der Waals surface area (Å²) < 4.78 is 16.7. The molecule has 9 heteroatoms. The Kier molecular flexibility index (Phi) is 4.55. The fourth-order valence-corrected chi connectivity index (χ4v) is 2.18. The number of carbonyl (C=O) groups is 2. The van der Waals surface area contributed by atoms with Crippen LogP contribution in [0.25, 0.3) is 5.69 Å². The Morgan fingerprint density at radius 2 is 1.96 bits per heavy atom. The molecular formula is C16H14N4O5. The Balaban J connectivity index is 1.64. The normalized spacial score (nSPS) is 10.5. The van der Waals surface area contributed by atoms with Crippen molar-refractivity contribution in [1.29, 1.82) is 0 Å². The van der Waals surface area contributed by atoms with E-state index < -0.39 is 11.9 Å². The molecule has 3 aromatic rings. The fraction of sp³-hybridized carbons (Fsp3) is 0.188. The molecule has 3 rings (SSSR count). The molecule has 0 amide bonds. The van der Waals surface area contributed by atoms with Crippen LogP contribution < -0.4 is 0 Å². The van der Waals surface area contributed by atoms with Gasteiger partial charge in [-0.15, -0.1) is 5.10 Å². The summed E-state index contributed by atoms with van der Waals surface area (Å²) in [7, 11) is 1.29. The molecule has 0 aliphatic rings. The minimum absolute atomic E-state index is 0.0919. The number of benzene rings is 1. The van der Waals surface area contributed by atoms with Crippen LogP contribution in [0.1, 0.15) is 32.2 Å². The number of furan rings is 1. The minimum atomic E-state index is -0.517. The van der Waals surface area contributed by atoms with Crippen molar-refractivity contribution in [3.05, 3.63) is 59.3 Å². The number of methoxy groups -OCH3 is 1. The van der Waals surface area contributed by atoms with E-state index in [1.54, 1.807) is 31.2 Å². The summed E-state index contributed by atoms with van der Waals surface area (Å²) >= 11 is 0. The van der Waals surface area contributed by atoms with Crippen LogP contribution in [0.4, 0.5) is 0 Å². The van der Waals surface area contributed by atoms with Crippen molar-refractivity contribution in [2.75, 3.05) is 7.11 Å². The molecule has 0 atom stereocenters. The maximum Gasteiger partial charge on any atom is 0.341 e. The van der Waals surface area contributed by atoms with Crippen LogP contribution >= 0.6 is 0 Å². The standard InChI is InChI=1S/C16H14N4O5/c1-10-14(16(22)23-2)7-13(25-10)8-24-15(21)11-3-5-12(6-4-11)20-9-17-18-19-20/h3-7,9H,8H2,1-2H3. The second kappa shape index (κ2) is 6.95. The predicted octanol–water partition coefficient (Wildman–Crippen LogP) is 1.71. The molecule has 128 valence electrons. The number of aromatic nitrogens is 4. The van der Waals surface area contributed by atoms with Crippen molar-refractivity contribution >= 4 is 11.9 Å². The Morgan fingerprint density at radius 3 is 2.60 bits per heavy atom. The van der Waals surface area contributed by atoms with Crippen molar-refractivity contribution < 1.29 is 23.5 Å². The molecule has 0 fully saturated rings. The van der Waals surface area contributed by atoms with Gasteiger partial charge in [0.15, 0.2) is 0 Å². The number of nitrogens with zero attached hydrogens (tertiary/aromatic N) is 4. The van der Waals surface area contributed by atoms with E-state index in [9.17, 15) is 9.59 Å². The van der Waals surface area contributed by atoms with Crippen LogP contribution in [0.15, 0.2) is 41.1 Å². The Labute approximate surface area is 142 Å². The summed E-state index contributed by atoms with van der Waals surface area (Å²) in [4.78, 5) is 23.6. The molecule has 0 N–H and O–H groups in total. The Hall–Kier alpha value is -3.49. The lowest BCUT2D eigenvalue weighted by Gasteiger charge is -2.04. The minimum Gasteiger partial charge on any atom is -0.465 e. The number of tetrazole rings is 1. The van der Waals surface area contributed by atoms with Gasteiger partial charge in [0, 0.05) is 0 Å². The van der Waals surface area contributed by atoms with Gasteiger partial charge in [0.2, 0.25) is 0 Å². The molecule has 1 aromatic carbocycles. The molecule has 25 heavy (non-hydrogen) atoms. The monoisotopic (exact) mass is 342 g/mol. The highest BCUT2D eigenvalue weighted by molar-refractivity contribution is 5.91. The second-order valence-corrected chi connectivity index (χ2v) is 5.05. The molecule has 0 spiro atoms. The van der Waals surface area contributed by atoms with Crippen molar-refractivity contribution in [3.63, 3.8) is 0 Å². The van der Waals surface area contributed by atoms with E-state index in [0.717, 1.165) is 0 Å². The molecule has 0 bridgehead atoms. The average Bonchev–Trinajstić information content (AvgIpc) is 3.29. The summed E-state index contributed by atoms with van der Waals surface area (Å²) in [6.07, 6.45) is 1.45. The smallest absolute Gasteiger partial charge is 0.341 e. The van der Waals surface area contributed by atoms with E-state index in [2.05, 4.69) is 20.3 Å². The quantitative estimate of drug-likeness (QED) is 0.645. The number of hydrogen-bond donors (Lipinski definition) is 0. The molecular weight excluding hydrogens is 328 g/mol. The summed E-state index contributed by atoms with van der Waals surface area (Å²) in [5.41, 5.74) is 1.39.